The summed E-state index contributed by atoms with van der Waals surface area (Å²) in [4.78, 5) is 27.1. The van der Waals surface area contributed by atoms with Crippen molar-refractivity contribution >= 4 is 12.0 Å². The number of amides is 2. The fourth-order valence-corrected chi connectivity index (χ4v) is 3.23. The number of rotatable bonds is 7. The number of nitrogens with zero attached hydrogens (tertiary/aromatic N) is 2. The van der Waals surface area contributed by atoms with Crippen LogP contribution in [0.4, 0.5) is 4.79 Å². The first-order valence-electron chi connectivity index (χ1n) is 7.82. The van der Waals surface area contributed by atoms with E-state index in [-0.39, 0.29) is 19.1 Å². The number of aliphatic hydroxyl groups is 1. The van der Waals surface area contributed by atoms with Gasteiger partial charge in [-0.15, -0.1) is 0 Å². The molecule has 1 aliphatic carbocycles. The summed E-state index contributed by atoms with van der Waals surface area (Å²) in [7, 11) is 1.70. The van der Waals surface area contributed by atoms with E-state index < -0.39 is 11.5 Å². The summed E-state index contributed by atoms with van der Waals surface area (Å²) >= 11 is 0. The van der Waals surface area contributed by atoms with Crippen LogP contribution in [-0.2, 0) is 4.79 Å². The molecule has 1 aliphatic rings. The van der Waals surface area contributed by atoms with E-state index >= 15 is 0 Å². The third-order valence-corrected chi connectivity index (χ3v) is 4.40. The summed E-state index contributed by atoms with van der Waals surface area (Å²) < 4.78 is 0. The number of hydrogen-bond acceptors (Lipinski definition) is 3. The van der Waals surface area contributed by atoms with Crippen molar-refractivity contribution in [2.45, 2.75) is 57.4 Å². The molecule has 1 fully saturated rings. The fourth-order valence-electron chi connectivity index (χ4n) is 3.23. The Morgan fingerprint density at radius 3 is 2.24 bits per heavy atom. The molecular formula is C15H28N2O4. The van der Waals surface area contributed by atoms with Crippen LogP contribution in [-0.4, -0.2) is 64.3 Å². The van der Waals surface area contributed by atoms with Crippen molar-refractivity contribution in [3.05, 3.63) is 0 Å². The van der Waals surface area contributed by atoms with Gasteiger partial charge in [0.15, 0.2) is 0 Å². The second-order valence-corrected chi connectivity index (χ2v) is 5.91. The van der Waals surface area contributed by atoms with Crippen molar-refractivity contribution in [1.82, 2.24) is 9.80 Å². The predicted octanol–water partition coefficient (Wildman–Crippen LogP) is 1.92. The summed E-state index contributed by atoms with van der Waals surface area (Å²) in [6, 6.07) is -0.172. The lowest BCUT2D eigenvalue weighted by Crippen LogP contribution is -2.56. The lowest BCUT2D eigenvalue weighted by atomic mass is 9.78. The lowest BCUT2D eigenvalue weighted by Gasteiger charge is -2.45. The molecule has 0 unspecified atom stereocenters. The van der Waals surface area contributed by atoms with Crippen molar-refractivity contribution in [3.63, 3.8) is 0 Å². The minimum absolute atomic E-state index is 0.00562. The Bertz CT molecular complexity index is 348. The molecule has 0 bridgehead atoms. The van der Waals surface area contributed by atoms with E-state index in [1.807, 2.05) is 6.92 Å². The van der Waals surface area contributed by atoms with Crippen molar-refractivity contribution in [2.75, 3.05) is 26.7 Å². The van der Waals surface area contributed by atoms with E-state index in [2.05, 4.69) is 0 Å². The highest BCUT2D eigenvalue weighted by Gasteiger charge is 2.41. The Morgan fingerprint density at radius 2 is 1.76 bits per heavy atom. The van der Waals surface area contributed by atoms with E-state index in [1.54, 1.807) is 16.8 Å². The molecule has 0 saturated heterocycles. The highest BCUT2D eigenvalue weighted by molar-refractivity contribution is 5.77. The van der Waals surface area contributed by atoms with E-state index in [1.165, 1.54) is 0 Å². The van der Waals surface area contributed by atoms with Gasteiger partial charge in [0.1, 0.15) is 0 Å². The molecular weight excluding hydrogens is 272 g/mol. The Hall–Kier alpha value is -1.30. The number of hydrogen-bond donors (Lipinski definition) is 2. The zero-order valence-electron chi connectivity index (χ0n) is 13.2. The summed E-state index contributed by atoms with van der Waals surface area (Å²) in [5.41, 5.74) is -0.581. The predicted molar refractivity (Wildman–Crippen MR) is 80.2 cm³/mol. The van der Waals surface area contributed by atoms with Gasteiger partial charge in [-0.05, 0) is 19.3 Å². The average Bonchev–Trinajstić information content (AvgIpc) is 2.45. The third kappa shape index (κ3) is 4.59. The van der Waals surface area contributed by atoms with Crippen molar-refractivity contribution < 1.29 is 19.8 Å². The molecule has 0 aromatic rings. The zero-order chi connectivity index (χ0) is 15.9. The number of carboxylic acid groups (broad SMARTS) is 1. The second-order valence-electron chi connectivity index (χ2n) is 5.91. The maximum atomic E-state index is 12.7. The standard InChI is InChI=1S/C15H28N2O4/c1-3-9-17(10-11-18)14(21)16(2)15(12-13(19)20)7-5-4-6-8-15/h18H,3-12H2,1-2H3,(H,19,20). The molecule has 1 saturated carbocycles. The summed E-state index contributed by atoms with van der Waals surface area (Å²) in [5.74, 6) is -0.860. The third-order valence-electron chi connectivity index (χ3n) is 4.40. The van der Waals surface area contributed by atoms with Gasteiger partial charge < -0.3 is 20.0 Å². The van der Waals surface area contributed by atoms with Crippen molar-refractivity contribution in [2.24, 2.45) is 0 Å². The van der Waals surface area contributed by atoms with Crippen LogP contribution in [0.5, 0.6) is 0 Å². The van der Waals surface area contributed by atoms with Crippen LogP contribution in [0.2, 0.25) is 0 Å². The fraction of sp³-hybridized carbons (Fsp3) is 0.867. The minimum atomic E-state index is -0.860. The van der Waals surface area contributed by atoms with E-state index in [4.69, 9.17) is 5.11 Å². The first-order chi connectivity index (χ1) is 9.96. The normalized spacial score (nSPS) is 17.3. The summed E-state index contributed by atoms with van der Waals surface area (Å²) in [6.07, 6.45) is 5.29. The number of urea groups is 1. The highest BCUT2D eigenvalue weighted by atomic mass is 16.4. The van der Waals surface area contributed by atoms with Gasteiger partial charge in [0, 0.05) is 20.1 Å². The summed E-state index contributed by atoms with van der Waals surface area (Å²) in [6.45, 7) is 2.77. The number of carboxylic acids is 1. The van der Waals surface area contributed by atoms with Crippen LogP contribution in [0, 0.1) is 0 Å². The van der Waals surface area contributed by atoms with Crippen molar-refractivity contribution in [1.29, 1.82) is 0 Å². The molecule has 0 atom stereocenters. The molecule has 0 spiro atoms. The monoisotopic (exact) mass is 300 g/mol. The van der Waals surface area contributed by atoms with Gasteiger partial charge in [-0.25, -0.2) is 4.79 Å². The Balaban J connectivity index is 2.89. The van der Waals surface area contributed by atoms with Gasteiger partial charge in [-0.3, -0.25) is 4.79 Å². The molecule has 6 heteroatoms. The molecule has 21 heavy (non-hydrogen) atoms. The molecule has 0 aliphatic heterocycles. The first-order valence-corrected chi connectivity index (χ1v) is 7.82. The van der Waals surface area contributed by atoms with Crippen LogP contribution < -0.4 is 0 Å². The van der Waals surface area contributed by atoms with Gasteiger partial charge in [-0.2, -0.15) is 0 Å². The lowest BCUT2D eigenvalue weighted by molar-refractivity contribution is -0.140. The highest BCUT2D eigenvalue weighted by Crippen LogP contribution is 2.36. The molecule has 2 N–H and O–H groups in total. The Morgan fingerprint density at radius 1 is 1.14 bits per heavy atom. The SMILES string of the molecule is CCCN(CCO)C(=O)N(C)C1(CC(=O)O)CCCCC1. The van der Waals surface area contributed by atoms with Crippen LogP contribution in [0.1, 0.15) is 51.9 Å². The van der Waals surface area contributed by atoms with Gasteiger partial charge in [-0.1, -0.05) is 26.2 Å². The number of carbonyl (C=O) groups excluding carboxylic acids is 1. The maximum Gasteiger partial charge on any atom is 0.320 e. The van der Waals surface area contributed by atoms with E-state index in [0.29, 0.717) is 13.1 Å². The summed E-state index contributed by atoms with van der Waals surface area (Å²) in [5, 5.41) is 18.3. The van der Waals surface area contributed by atoms with Crippen LogP contribution >= 0.6 is 0 Å². The van der Waals surface area contributed by atoms with E-state index in [9.17, 15) is 14.7 Å². The molecule has 122 valence electrons. The molecule has 6 nitrogen and oxygen atoms in total. The molecule has 2 amide bonds. The van der Waals surface area contributed by atoms with Gasteiger partial charge in [0.05, 0.1) is 18.6 Å². The average molecular weight is 300 g/mol. The minimum Gasteiger partial charge on any atom is -0.481 e. The topological polar surface area (TPSA) is 81.1 Å². The molecule has 0 aromatic heterocycles. The van der Waals surface area contributed by atoms with Crippen LogP contribution in [0.3, 0.4) is 0 Å². The second kappa shape index (κ2) is 8.22. The quantitative estimate of drug-likeness (QED) is 0.752. The molecule has 0 aromatic carbocycles. The van der Waals surface area contributed by atoms with Gasteiger partial charge >= 0.3 is 12.0 Å². The van der Waals surface area contributed by atoms with Gasteiger partial charge in [0.2, 0.25) is 0 Å². The number of carbonyl (C=O) groups is 2. The number of aliphatic carboxylic acids is 1. The molecule has 0 heterocycles. The van der Waals surface area contributed by atoms with E-state index in [0.717, 1.165) is 38.5 Å². The van der Waals surface area contributed by atoms with Crippen LogP contribution in [0.25, 0.3) is 0 Å². The Kier molecular flexibility index (Phi) is 6.95. The van der Waals surface area contributed by atoms with Crippen LogP contribution in [0.15, 0.2) is 0 Å². The maximum absolute atomic E-state index is 12.7. The molecule has 0 radical (unpaired) electrons. The van der Waals surface area contributed by atoms with Gasteiger partial charge in [0.25, 0.3) is 0 Å². The van der Waals surface area contributed by atoms with Crippen molar-refractivity contribution in [3.8, 4) is 0 Å². The zero-order valence-corrected chi connectivity index (χ0v) is 13.2. The smallest absolute Gasteiger partial charge is 0.320 e. The number of aliphatic hydroxyl groups excluding tert-OH is 1. The Labute approximate surface area is 126 Å². The molecule has 1 rings (SSSR count). The largest absolute Gasteiger partial charge is 0.481 e. The first kappa shape index (κ1) is 17.8.